The summed E-state index contributed by atoms with van der Waals surface area (Å²) >= 11 is 1.26. The molecule has 0 bridgehead atoms. The summed E-state index contributed by atoms with van der Waals surface area (Å²) in [4.78, 5) is 24.9. The number of carbonyl (C=O) groups is 2. The van der Waals surface area contributed by atoms with Crippen LogP contribution < -0.4 is 10.7 Å². The third-order valence-corrected chi connectivity index (χ3v) is 5.01. The molecule has 0 aliphatic carbocycles. The average molecular weight is 393 g/mol. The standard InChI is InChI=1S/C18H14F3N3O2S/c19-18(20,21)12-6-2-1-5-11(12)10-22-24-16(25)9-15-17(26)23-13-7-3-4-8-14(13)27-15/h1-8,10,15H,9H2,(H,23,26)(H,24,25)/b22-10-/t15-/m0/s1. The number of nitrogens with one attached hydrogen (secondary N) is 2. The maximum Gasteiger partial charge on any atom is 0.417 e. The number of fused-ring (bicyclic) bond motifs is 1. The van der Waals surface area contributed by atoms with E-state index in [1.54, 1.807) is 12.1 Å². The van der Waals surface area contributed by atoms with Crippen LogP contribution in [0, 0.1) is 0 Å². The zero-order chi connectivity index (χ0) is 19.4. The highest BCUT2D eigenvalue weighted by Crippen LogP contribution is 2.36. The van der Waals surface area contributed by atoms with Crippen molar-refractivity contribution in [3.63, 3.8) is 0 Å². The fourth-order valence-corrected chi connectivity index (χ4v) is 3.59. The van der Waals surface area contributed by atoms with Gasteiger partial charge in [0.25, 0.3) is 0 Å². The molecular formula is C18H14F3N3O2S. The number of hydrogen-bond donors (Lipinski definition) is 2. The van der Waals surface area contributed by atoms with Gasteiger partial charge in [0.1, 0.15) is 0 Å². The number of nitrogens with zero attached hydrogens (tertiary/aromatic N) is 1. The van der Waals surface area contributed by atoms with Gasteiger partial charge in [-0.05, 0) is 18.2 Å². The predicted molar refractivity (Wildman–Crippen MR) is 96.5 cm³/mol. The molecular weight excluding hydrogens is 379 g/mol. The van der Waals surface area contributed by atoms with Crippen molar-refractivity contribution in [1.82, 2.24) is 5.43 Å². The quantitative estimate of drug-likeness (QED) is 0.615. The summed E-state index contributed by atoms with van der Waals surface area (Å²) in [5.74, 6) is -0.872. The molecule has 1 heterocycles. The summed E-state index contributed by atoms with van der Waals surface area (Å²) in [7, 11) is 0. The molecule has 27 heavy (non-hydrogen) atoms. The molecule has 2 N–H and O–H groups in total. The van der Waals surface area contributed by atoms with Crippen LogP contribution in [-0.2, 0) is 15.8 Å². The maximum absolute atomic E-state index is 12.9. The highest BCUT2D eigenvalue weighted by Gasteiger charge is 2.32. The molecule has 1 aliphatic heterocycles. The first-order valence-corrected chi connectivity index (χ1v) is 8.77. The number of rotatable bonds is 4. The zero-order valence-corrected chi connectivity index (χ0v) is 14.6. The molecule has 3 rings (SSSR count). The molecule has 1 aliphatic rings. The van der Waals surface area contributed by atoms with Gasteiger partial charge in [-0.3, -0.25) is 9.59 Å². The van der Waals surface area contributed by atoms with E-state index in [0.29, 0.717) is 5.69 Å². The van der Waals surface area contributed by atoms with Crippen molar-refractivity contribution < 1.29 is 22.8 Å². The van der Waals surface area contributed by atoms with Gasteiger partial charge in [-0.1, -0.05) is 30.3 Å². The van der Waals surface area contributed by atoms with Gasteiger partial charge in [-0.25, -0.2) is 5.43 Å². The smallest absolute Gasteiger partial charge is 0.324 e. The first kappa shape index (κ1) is 19.0. The van der Waals surface area contributed by atoms with Gasteiger partial charge in [0, 0.05) is 16.9 Å². The van der Waals surface area contributed by atoms with E-state index in [2.05, 4.69) is 15.8 Å². The van der Waals surface area contributed by atoms with Crippen molar-refractivity contribution >= 4 is 35.5 Å². The van der Waals surface area contributed by atoms with Gasteiger partial charge >= 0.3 is 6.18 Å². The Morgan fingerprint density at radius 1 is 1.19 bits per heavy atom. The van der Waals surface area contributed by atoms with E-state index in [4.69, 9.17) is 0 Å². The van der Waals surface area contributed by atoms with Crippen LogP contribution in [0.2, 0.25) is 0 Å². The Morgan fingerprint density at radius 2 is 1.89 bits per heavy atom. The van der Waals surface area contributed by atoms with E-state index in [-0.39, 0.29) is 17.9 Å². The molecule has 140 valence electrons. The first-order chi connectivity index (χ1) is 12.8. The fourth-order valence-electron chi connectivity index (χ4n) is 2.48. The third-order valence-electron chi connectivity index (χ3n) is 3.74. The third kappa shape index (κ3) is 4.68. The minimum Gasteiger partial charge on any atom is -0.324 e. The highest BCUT2D eigenvalue weighted by atomic mass is 32.2. The highest BCUT2D eigenvalue weighted by molar-refractivity contribution is 8.01. The second-order valence-corrected chi connectivity index (χ2v) is 6.92. The average Bonchev–Trinajstić information content (AvgIpc) is 2.62. The summed E-state index contributed by atoms with van der Waals surface area (Å²) in [5.41, 5.74) is 1.85. The minimum atomic E-state index is -4.52. The second-order valence-electron chi connectivity index (χ2n) is 5.67. The lowest BCUT2D eigenvalue weighted by Gasteiger charge is -2.23. The van der Waals surface area contributed by atoms with Gasteiger partial charge < -0.3 is 5.32 Å². The number of hydrazone groups is 1. The van der Waals surface area contributed by atoms with Crippen molar-refractivity contribution in [3.8, 4) is 0 Å². The van der Waals surface area contributed by atoms with Crippen LogP contribution in [0.5, 0.6) is 0 Å². The minimum absolute atomic E-state index is 0.150. The van der Waals surface area contributed by atoms with Gasteiger partial charge in [0.05, 0.1) is 22.7 Å². The molecule has 9 heteroatoms. The summed E-state index contributed by atoms with van der Waals surface area (Å²) < 4.78 is 38.7. The van der Waals surface area contributed by atoms with Crippen LogP contribution >= 0.6 is 11.8 Å². The monoisotopic (exact) mass is 393 g/mol. The number of alkyl halides is 3. The number of benzene rings is 2. The molecule has 1 atom stereocenters. The number of halogens is 3. The number of amides is 2. The lowest BCUT2D eigenvalue weighted by atomic mass is 10.1. The molecule has 0 radical (unpaired) electrons. The SMILES string of the molecule is O=C(C[C@@H]1Sc2ccccc2NC1=O)N/N=C\c1ccccc1C(F)(F)F. The van der Waals surface area contributed by atoms with Crippen LogP contribution in [0.25, 0.3) is 0 Å². The number of anilines is 1. The molecule has 0 saturated carbocycles. The number of hydrogen-bond acceptors (Lipinski definition) is 4. The topological polar surface area (TPSA) is 70.6 Å². The molecule has 2 aromatic carbocycles. The fraction of sp³-hybridized carbons (Fsp3) is 0.167. The Bertz CT molecular complexity index is 899. The van der Waals surface area contributed by atoms with Gasteiger partial charge in [0.15, 0.2) is 0 Å². The summed E-state index contributed by atoms with van der Waals surface area (Å²) in [6.07, 6.45) is -3.73. The normalized spacial score (nSPS) is 16.7. The van der Waals surface area contributed by atoms with Crippen molar-refractivity contribution in [1.29, 1.82) is 0 Å². The summed E-state index contributed by atoms with van der Waals surface area (Å²) in [6, 6.07) is 12.1. The van der Waals surface area contributed by atoms with Crippen LogP contribution in [0.4, 0.5) is 18.9 Å². The van der Waals surface area contributed by atoms with Crippen molar-refractivity contribution in [3.05, 3.63) is 59.7 Å². The largest absolute Gasteiger partial charge is 0.417 e. The van der Waals surface area contributed by atoms with Crippen LogP contribution in [0.3, 0.4) is 0 Å². The molecule has 0 fully saturated rings. The van der Waals surface area contributed by atoms with E-state index >= 15 is 0 Å². The molecule has 2 aromatic rings. The summed E-state index contributed by atoms with van der Waals surface area (Å²) in [5, 5.41) is 5.66. The van der Waals surface area contributed by atoms with E-state index in [1.807, 2.05) is 12.1 Å². The van der Waals surface area contributed by atoms with Crippen molar-refractivity contribution in [2.75, 3.05) is 5.32 Å². The van der Waals surface area contributed by atoms with Crippen molar-refractivity contribution in [2.24, 2.45) is 5.10 Å². The predicted octanol–water partition coefficient (Wildman–Crippen LogP) is 3.66. The van der Waals surface area contributed by atoms with Crippen LogP contribution in [-0.4, -0.2) is 23.3 Å². The Balaban J connectivity index is 1.61. The lowest BCUT2D eigenvalue weighted by molar-refractivity contribution is -0.137. The van der Waals surface area contributed by atoms with Gasteiger partial charge in [-0.15, -0.1) is 11.8 Å². The van der Waals surface area contributed by atoms with E-state index < -0.39 is 22.9 Å². The Morgan fingerprint density at radius 3 is 2.67 bits per heavy atom. The molecule has 0 unspecified atom stereocenters. The van der Waals surface area contributed by atoms with Crippen LogP contribution in [0.1, 0.15) is 17.5 Å². The van der Waals surface area contributed by atoms with E-state index in [9.17, 15) is 22.8 Å². The molecule has 2 amide bonds. The number of thioether (sulfide) groups is 1. The van der Waals surface area contributed by atoms with Crippen LogP contribution in [0.15, 0.2) is 58.5 Å². The van der Waals surface area contributed by atoms with Gasteiger partial charge in [0.2, 0.25) is 11.8 Å². The first-order valence-electron chi connectivity index (χ1n) is 7.89. The van der Waals surface area contributed by atoms with E-state index in [1.165, 1.54) is 30.0 Å². The lowest BCUT2D eigenvalue weighted by Crippen LogP contribution is -2.33. The second kappa shape index (κ2) is 7.83. The Labute approximate surface area is 157 Å². The summed E-state index contributed by atoms with van der Waals surface area (Å²) in [6.45, 7) is 0. The van der Waals surface area contributed by atoms with Crippen molar-refractivity contribution in [2.45, 2.75) is 22.7 Å². The number of para-hydroxylation sites is 1. The molecule has 5 nitrogen and oxygen atoms in total. The maximum atomic E-state index is 12.9. The molecule has 0 saturated heterocycles. The van der Waals surface area contributed by atoms with Gasteiger partial charge in [-0.2, -0.15) is 18.3 Å². The molecule has 0 aromatic heterocycles. The molecule has 0 spiro atoms. The number of carbonyl (C=O) groups excluding carboxylic acids is 2. The van der Waals surface area contributed by atoms with E-state index in [0.717, 1.165) is 17.2 Å². The Hall–Kier alpha value is -2.81. The zero-order valence-electron chi connectivity index (χ0n) is 13.8. The Kier molecular flexibility index (Phi) is 5.50.